The molecule has 1 saturated carbocycles. The van der Waals surface area contributed by atoms with Crippen molar-refractivity contribution in [3.8, 4) is 5.88 Å². The third-order valence-electron chi connectivity index (χ3n) is 3.62. The molecule has 1 aliphatic carbocycles. The molecular weight excluding hydrogens is 254 g/mol. The first-order valence-corrected chi connectivity index (χ1v) is 7.48. The molecule has 2 heterocycles. The maximum Gasteiger partial charge on any atom is 0.245 e. The summed E-state index contributed by atoms with van der Waals surface area (Å²) >= 11 is 0. The van der Waals surface area contributed by atoms with Crippen LogP contribution >= 0.6 is 0 Å². The largest absolute Gasteiger partial charge is 0.473 e. The van der Waals surface area contributed by atoms with Gasteiger partial charge in [-0.2, -0.15) is 9.97 Å². The third-order valence-corrected chi connectivity index (χ3v) is 3.62. The zero-order valence-corrected chi connectivity index (χ0v) is 11.9. The number of fused-ring (bicyclic) bond motifs is 1. The van der Waals surface area contributed by atoms with Gasteiger partial charge in [-0.05, 0) is 32.1 Å². The van der Waals surface area contributed by atoms with E-state index >= 15 is 0 Å². The Hall–Kier alpha value is -1.85. The van der Waals surface area contributed by atoms with Gasteiger partial charge in [-0.1, -0.05) is 13.3 Å². The molecule has 6 heteroatoms. The molecule has 0 amide bonds. The minimum atomic E-state index is 0.268. The topological polar surface area (TPSA) is 75.7 Å². The minimum absolute atomic E-state index is 0.268. The SMILES string of the molecule is CCCNc1nc(OC2CCCCC2)c2[nH]cnc2n1. The molecule has 1 fully saturated rings. The Labute approximate surface area is 118 Å². The zero-order chi connectivity index (χ0) is 13.8. The summed E-state index contributed by atoms with van der Waals surface area (Å²) in [4.78, 5) is 16.2. The van der Waals surface area contributed by atoms with Crippen LogP contribution in [0.2, 0.25) is 0 Å². The number of imidazole rings is 1. The molecule has 2 aromatic heterocycles. The molecule has 0 spiro atoms. The van der Waals surface area contributed by atoms with Crippen molar-refractivity contribution in [1.29, 1.82) is 0 Å². The number of ether oxygens (including phenoxy) is 1. The van der Waals surface area contributed by atoms with Gasteiger partial charge in [0.05, 0.1) is 6.33 Å². The number of nitrogens with one attached hydrogen (secondary N) is 2. The standard InChI is InChI=1S/C14H21N5O/c1-2-8-15-14-18-12-11(16-9-17-12)13(19-14)20-10-6-4-3-5-7-10/h9-10H,2-8H2,1H3,(H2,15,16,17,18,19). The van der Waals surface area contributed by atoms with E-state index in [4.69, 9.17) is 4.74 Å². The Morgan fingerprint density at radius 2 is 2.15 bits per heavy atom. The lowest BCUT2D eigenvalue weighted by molar-refractivity contribution is 0.150. The van der Waals surface area contributed by atoms with Gasteiger partial charge in [0.2, 0.25) is 11.8 Å². The van der Waals surface area contributed by atoms with Crippen molar-refractivity contribution in [2.45, 2.75) is 51.6 Å². The van der Waals surface area contributed by atoms with E-state index in [9.17, 15) is 0 Å². The molecular formula is C14H21N5O. The molecule has 0 aromatic carbocycles. The molecule has 20 heavy (non-hydrogen) atoms. The van der Waals surface area contributed by atoms with E-state index in [1.54, 1.807) is 6.33 Å². The van der Waals surface area contributed by atoms with Crippen LogP contribution in [-0.4, -0.2) is 32.6 Å². The Kier molecular flexibility index (Phi) is 3.99. The average molecular weight is 275 g/mol. The fraction of sp³-hybridized carbons (Fsp3) is 0.643. The maximum atomic E-state index is 6.09. The van der Waals surface area contributed by atoms with Crippen molar-refractivity contribution in [3.63, 3.8) is 0 Å². The van der Waals surface area contributed by atoms with Gasteiger partial charge in [-0.25, -0.2) is 4.98 Å². The lowest BCUT2D eigenvalue weighted by atomic mass is 9.98. The highest BCUT2D eigenvalue weighted by atomic mass is 16.5. The third kappa shape index (κ3) is 2.84. The van der Waals surface area contributed by atoms with Crippen LogP contribution in [0.1, 0.15) is 45.4 Å². The molecule has 3 rings (SSSR count). The number of rotatable bonds is 5. The van der Waals surface area contributed by atoms with Gasteiger partial charge in [0, 0.05) is 6.54 Å². The van der Waals surface area contributed by atoms with Crippen LogP contribution in [0, 0.1) is 0 Å². The predicted octanol–water partition coefficient (Wildman–Crippen LogP) is 2.89. The first kappa shape index (κ1) is 13.1. The molecule has 0 unspecified atom stereocenters. The van der Waals surface area contributed by atoms with Gasteiger partial charge < -0.3 is 15.0 Å². The van der Waals surface area contributed by atoms with Crippen molar-refractivity contribution in [2.75, 3.05) is 11.9 Å². The smallest absolute Gasteiger partial charge is 0.245 e. The van der Waals surface area contributed by atoms with E-state index < -0.39 is 0 Å². The summed E-state index contributed by atoms with van der Waals surface area (Å²) in [6, 6.07) is 0. The number of nitrogens with zero attached hydrogens (tertiary/aromatic N) is 3. The highest BCUT2D eigenvalue weighted by Crippen LogP contribution is 2.26. The van der Waals surface area contributed by atoms with Crippen molar-refractivity contribution >= 4 is 17.1 Å². The van der Waals surface area contributed by atoms with Gasteiger partial charge in [0.25, 0.3) is 0 Å². The van der Waals surface area contributed by atoms with E-state index in [1.165, 1.54) is 19.3 Å². The van der Waals surface area contributed by atoms with Crippen LogP contribution in [0.3, 0.4) is 0 Å². The van der Waals surface area contributed by atoms with Crippen molar-refractivity contribution in [3.05, 3.63) is 6.33 Å². The van der Waals surface area contributed by atoms with E-state index in [2.05, 4.69) is 32.2 Å². The highest BCUT2D eigenvalue weighted by molar-refractivity contribution is 5.76. The fourth-order valence-corrected chi connectivity index (χ4v) is 2.55. The second kappa shape index (κ2) is 6.07. The molecule has 0 aliphatic heterocycles. The van der Waals surface area contributed by atoms with Gasteiger partial charge >= 0.3 is 0 Å². The summed E-state index contributed by atoms with van der Waals surface area (Å²) in [5, 5.41) is 3.20. The van der Waals surface area contributed by atoms with E-state index in [0.717, 1.165) is 31.3 Å². The predicted molar refractivity (Wildman–Crippen MR) is 78.0 cm³/mol. The summed E-state index contributed by atoms with van der Waals surface area (Å²) in [6.07, 6.45) is 8.94. The molecule has 6 nitrogen and oxygen atoms in total. The summed E-state index contributed by atoms with van der Waals surface area (Å²) in [6.45, 7) is 2.96. The first-order chi connectivity index (χ1) is 9.86. The molecule has 1 aliphatic rings. The van der Waals surface area contributed by atoms with Gasteiger partial charge in [0.1, 0.15) is 11.6 Å². The summed E-state index contributed by atoms with van der Waals surface area (Å²) < 4.78 is 6.09. The summed E-state index contributed by atoms with van der Waals surface area (Å²) in [7, 11) is 0. The summed E-state index contributed by atoms with van der Waals surface area (Å²) in [5.74, 6) is 1.22. The van der Waals surface area contributed by atoms with Crippen LogP contribution in [0.15, 0.2) is 6.33 Å². The van der Waals surface area contributed by atoms with Crippen molar-refractivity contribution < 1.29 is 4.74 Å². The number of hydrogen-bond acceptors (Lipinski definition) is 5. The molecule has 0 radical (unpaired) electrons. The molecule has 108 valence electrons. The van der Waals surface area contributed by atoms with Crippen LogP contribution in [0.4, 0.5) is 5.95 Å². The number of aromatic nitrogens is 4. The Bertz CT molecular complexity index is 562. The Balaban J connectivity index is 1.84. The van der Waals surface area contributed by atoms with E-state index in [-0.39, 0.29) is 6.10 Å². The average Bonchev–Trinajstić information content (AvgIpc) is 2.95. The van der Waals surface area contributed by atoms with Gasteiger partial charge in [-0.15, -0.1) is 0 Å². The summed E-state index contributed by atoms with van der Waals surface area (Å²) in [5.41, 5.74) is 1.45. The molecule has 0 bridgehead atoms. The highest BCUT2D eigenvalue weighted by Gasteiger charge is 2.18. The second-order valence-corrected chi connectivity index (χ2v) is 5.26. The van der Waals surface area contributed by atoms with E-state index in [0.29, 0.717) is 17.5 Å². The molecule has 0 saturated heterocycles. The van der Waals surface area contributed by atoms with Crippen LogP contribution in [0.25, 0.3) is 11.2 Å². The van der Waals surface area contributed by atoms with Gasteiger partial charge in [-0.3, -0.25) is 0 Å². The van der Waals surface area contributed by atoms with Crippen molar-refractivity contribution in [2.24, 2.45) is 0 Å². The number of aromatic amines is 1. The Morgan fingerprint density at radius 3 is 2.95 bits per heavy atom. The number of H-pyrrole nitrogens is 1. The number of hydrogen-bond donors (Lipinski definition) is 2. The van der Waals surface area contributed by atoms with Crippen molar-refractivity contribution in [1.82, 2.24) is 19.9 Å². The lowest BCUT2D eigenvalue weighted by Crippen LogP contribution is -2.20. The molecule has 0 atom stereocenters. The second-order valence-electron chi connectivity index (χ2n) is 5.26. The fourth-order valence-electron chi connectivity index (χ4n) is 2.55. The maximum absolute atomic E-state index is 6.09. The van der Waals surface area contributed by atoms with Crippen LogP contribution in [-0.2, 0) is 0 Å². The minimum Gasteiger partial charge on any atom is -0.473 e. The quantitative estimate of drug-likeness (QED) is 0.877. The monoisotopic (exact) mass is 275 g/mol. The Morgan fingerprint density at radius 1 is 1.30 bits per heavy atom. The lowest BCUT2D eigenvalue weighted by Gasteiger charge is -2.22. The van der Waals surface area contributed by atoms with Crippen LogP contribution < -0.4 is 10.1 Å². The van der Waals surface area contributed by atoms with Crippen LogP contribution in [0.5, 0.6) is 5.88 Å². The number of anilines is 1. The van der Waals surface area contributed by atoms with Gasteiger partial charge in [0.15, 0.2) is 5.65 Å². The first-order valence-electron chi connectivity index (χ1n) is 7.48. The van der Waals surface area contributed by atoms with E-state index in [1.807, 2.05) is 0 Å². The zero-order valence-electron chi connectivity index (χ0n) is 11.9. The normalized spacial score (nSPS) is 16.4. The molecule has 2 aromatic rings. The molecule has 2 N–H and O–H groups in total.